The number of carbonyl (C=O) groups excluding carboxylic acids is 1. The molecule has 0 radical (unpaired) electrons. The van der Waals surface area contributed by atoms with E-state index in [2.05, 4.69) is 4.98 Å². The highest BCUT2D eigenvalue weighted by molar-refractivity contribution is 5.76. The average molecular weight is 231 g/mol. The van der Waals surface area contributed by atoms with Crippen LogP contribution in [0.15, 0.2) is 43.0 Å². The molecule has 1 amide bonds. The first-order chi connectivity index (χ1) is 8.18. The SMILES string of the molecule is CN(Cc1ccccc1O)C(=O)n1ccnc1. The summed E-state index contributed by atoms with van der Waals surface area (Å²) in [6.07, 6.45) is 4.58. The van der Waals surface area contributed by atoms with E-state index < -0.39 is 0 Å². The van der Waals surface area contributed by atoms with Crippen LogP contribution in [0.2, 0.25) is 0 Å². The first kappa shape index (κ1) is 11.2. The van der Waals surface area contributed by atoms with E-state index in [1.165, 1.54) is 15.8 Å². The van der Waals surface area contributed by atoms with Crippen LogP contribution in [-0.2, 0) is 6.54 Å². The molecule has 1 heterocycles. The second kappa shape index (κ2) is 4.69. The molecule has 88 valence electrons. The van der Waals surface area contributed by atoms with Gasteiger partial charge in [0.25, 0.3) is 0 Å². The first-order valence-electron chi connectivity index (χ1n) is 5.19. The minimum Gasteiger partial charge on any atom is -0.508 e. The molecular weight excluding hydrogens is 218 g/mol. The maximum atomic E-state index is 11.9. The van der Waals surface area contributed by atoms with Crippen molar-refractivity contribution in [1.29, 1.82) is 0 Å². The number of para-hydroxylation sites is 1. The molecule has 5 heteroatoms. The lowest BCUT2D eigenvalue weighted by Gasteiger charge is -2.17. The molecule has 0 saturated carbocycles. The third-order valence-corrected chi connectivity index (χ3v) is 2.45. The number of phenols is 1. The Morgan fingerprint density at radius 3 is 2.88 bits per heavy atom. The monoisotopic (exact) mass is 231 g/mol. The van der Waals surface area contributed by atoms with E-state index in [1.807, 2.05) is 6.07 Å². The van der Waals surface area contributed by atoms with E-state index in [-0.39, 0.29) is 11.8 Å². The molecule has 1 aromatic heterocycles. The zero-order valence-corrected chi connectivity index (χ0v) is 9.45. The van der Waals surface area contributed by atoms with Gasteiger partial charge in [-0.25, -0.2) is 9.78 Å². The van der Waals surface area contributed by atoms with Crippen LogP contribution in [-0.4, -0.2) is 32.6 Å². The minimum absolute atomic E-state index is 0.189. The Labute approximate surface area is 98.9 Å². The Morgan fingerprint density at radius 2 is 2.24 bits per heavy atom. The summed E-state index contributed by atoms with van der Waals surface area (Å²) in [4.78, 5) is 17.2. The third kappa shape index (κ3) is 2.44. The summed E-state index contributed by atoms with van der Waals surface area (Å²) in [5.41, 5.74) is 0.712. The van der Waals surface area contributed by atoms with Crippen LogP contribution in [0.1, 0.15) is 5.56 Å². The van der Waals surface area contributed by atoms with Gasteiger partial charge in [-0.2, -0.15) is 0 Å². The molecule has 0 unspecified atom stereocenters. The molecule has 2 aromatic rings. The predicted molar refractivity (Wildman–Crippen MR) is 62.6 cm³/mol. The summed E-state index contributed by atoms with van der Waals surface area (Å²) in [5.74, 6) is 0.192. The number of carbonyl (C=O) groups is 1. The van der Waals surface area contributed by atoms with Crippen molar-refractivity contribution in [2.75, 3.05) is 7.05 Å². The summed E-state index contributed by atoms with van der Waals surface area (Å²) in [6.45, 7) is 0.351. The number of hydrogen-bond acceptors (Lipinski definition) is 3. The fourth-order valence-electron chi connectivity index (χ4n) is 1.54. The topological polar surface area (TPSA) is 58.4 Å². The lowest BCUT2D eigenvalue weighted by Crippen LogP contribution is -2.29. The average Bonchev–Trinajstić information content (AvgIpc) is 2.84. The quantitative estimate of drug-likeness (QED) is 0.855. The highest BCUT2D eigenvalue weighted by Crippen LogP contribution is 2.17. The molecule has 0 bridgehead atoms. The Balaban J connectivity index is 2.10. The van der Waals surface area contributed by atoms with Gasteiger partial charge in [-0.1, -0.05) is 18.2 Å². The minimum atomic E-state index is -0.189. The van der Waals surface area contributed by atoms with Crippen molar-refractivity contribution in [3.05, 3.63) is 48.5 Å². The molecule has 0 atom stereocenters. The number of nitrogens with zero attached hydrogens (tertiary/aromatic N) is 3. The summed E-state index contributed by atoms with van der Waals surface area (Å²) in [7, 11) is 1.68. The Kier molecular flexibility index (Phi) is 3.09. The van der Waals surface area contributed by atoms with Crippen molar-refractivity contribution >= 4 is 6.03 Å². The third-order valence-electron chi connectivity index (χ3n) is 2.45. The summed E-state index contributed by atoms with van der Waals surface area (Å²) >= 11 is 0. The zero-order valence-electron chi connectivity index (χ0n) is 9.45. The zero-order chi connectivity index (χ0) is 12.3. The Hall–Kier alpha value is -2.30. The van der Waals surface area contributed by atoms with Crippen molar-refractivity contribution in [1.82, 2.24) is 14.5 Å². The van der Waals surface area contributed by atoms with Crippen LogP contribution in [0, 0.1) is 0 Å². The molecule has 2 rings (SSSR count). The van der Waals surface area contributed by atoms with Gasteiger partial charge < -0.3 is 10.0 Å². The molecule has 0 fully saturated rings. The molecular formula is C12H13N3O2. The summed E-state index contributed by atoms with van der Waals surface area (Å²) in [5, 5.41) is 9.61. The maximum Gasteiger partial charge on any atom is 0.329 e. The van der Waals surface area contributed by atoms with Crippen molar-refractivity contribution in [3.8, 4) is 5.75 Å². The smallest absolute Gasteiger partial charge is 0.329 e. The van der Waals surface area contributed by atoms with Crippen LogP contribution in [0.25, 0.3) is 0 Å². The van der Waals surface area contributed by atoms with Crippen LogP contribution in [0.3, 0.4) is 0 Å². The van der Waals surface area contributed by atoms with E-state index >= 15 is 0 Å². The lowest BCUT2D eigenvalue weighted by atomic mass is 10.2. The van der Waals surface area contributed by atoms with Gasteiger partial charge in [0.1, 0.15) is 12.1 Å². The number of aromatic nitrogens is 2. The highest BCUT2D eigenvalue weighted by atomic mass is 16.3. The van der Waals surface area contributed by atoms with E-state index in [4.69, 9.17) is 0 Å². The highest BCUT2D eigenvalue weighted by Gasteiger charge is 2.12. The fraction of sp³-hybridized carbons (Fsp3) is 0.167. The number of aromatic hydroxyl groups is 1. The number of hydrogen-bond donors (Lipinski definition) is 1. The van der Waals surface area contributed by atoms with Gasteiger partial charge in [-0.3, -0.25) is 4.57 Å². The molecule has 0 spiro atoms. The second-order valence-electron chi connectivity index (χ2n) is 3.74. The van der Waals surface area contributed by atoms with Crippen LogP contribution < -0.4 is 0 Å². The predicted octanol–water partition coefficient (Wildman–Crippen LogP) is 1.69. The van der Waals surface area contributed by atoms with Gasteiger partial charge >= 0.3 is 6.03 Å². The van der Waals surface area contributed by atoms with E-state index in [0.29, 0.717) is 12.1 Å². The number of amides is 1. The number of rotatable bonds is 2. The largest absolute Gasteiger partial charge is 0.508 e. The van der Waals surface area contributed by atoms with Crippen molar-refractivity contribution in [3.63, 3.8) is 0 Å². The van der Waals surface area contributed by atoms with E-state index in [0.717, 1.165) is 0 Å². The molecule has 0 aliphatic heterocycles. The standard InChI is InChI=1S/C12H13N3O2/c1-14(12(17)15-7-6-13-9-15)8-10-4-2-3-5-11(10)16/h2-7,9,16H,8H2,1H3. The van der Waals surface area contributed by atoms with Crippen molar-refractivity contribution < 1.29 is 9.90 Å². The first-order valence-corrected chi connectivity index (χ1v) is 5.19. The molecule has 17 heavy (non-hydrogen) atoms. The van der Waals surface area contributed by atoms with Gasteiger partial charge in [-0.15, -0.1) is 0 Å². The van der Waals surface area contributed by atoms with Crippen molar-refractivity contribution in [2.24, 2.45) is 0 Å². The molecule has 1 N–H and O–H groups in total. The van der Waals surface area contributed by atoms with E-state index in [1.54, 1.807) is 37.6 Å². The van der Waals surface area contributed by atoms with Gasteiger partial charge in [0.2, 0.25) is 0 Å². The molecule has 5 nitrogen and oxygen atoms in total. The van der Waals surface area contributed by atoms with Gasteiger partial charge in [-0.05, 0) is 6.07 Å². The maximum absolute atomic E-state index is 11.9. The van der Waals surface area contributed by atoms with E-state index in [9.17, 15) is 9.90 Å². The number of phenolic OH excluding ortho intramolecular Hbond substituents is 1. The van der Waals surface area contributed by atoms with Crippen LogP contribution in [0.4, 0.5) is 4.79 Å². The molecule has 0 saturated heterocycles. The van der Waals surface area contributed by atoms with Crippen LogP contribution >= 0.6 is 0 Å². The molecule has 1 aromatic carbocycles. The summed E-state index contributed by atoms with van der Waals surface area (Å²) in [6, 6.07) is 6.77. The van der Waals surface area contributed by atoms with Crippen molar-refractivity contribution in [2.45, 2.75) is 6.54 Å². The molecule has 0 aliphatic carbocycles. The molecule has 0 aliphatic rings. The summed E-state index contributed by atoms with van der Waals surface area (Å²) < 4.78 is 1.39. The van der Waals surface area contributed by atoms with Gasteiger partial charge in [0.15, 0.2) is 0 Å². The fourth-order valence-corrected chi connectivity index (χ4v) is 1.54. The lowest BCUT2D eigenvalue weighted by molar-refractivity contribution is 0.208. The number of imidazole rings is 1. The van der Waals surface area contributed by atoms with Crippen LogP contribution in [0.5, 0.6) is 5.75 Å². The van der Waals surface area contributed by atoms with Gasteiger partial charge in [0, 0.05) is 25.0 Å². The Morgan fingerprint density at radius 1 is 1.47 bits per heavy atom. The second-order valence-corrected chi connectivity index (χ2v) is 3.74. The number of benzene rings is 1. The Bertz CT molecular complexity index is 508. The van der Waals surface area contributed by atoms with Gasteiger partial charge in [0.05, 0.1) is 6.54 Å². The normalized spacial score (nSPS) is 10.2.